The topological polar surface area (TPSA) is 18.0 Å². The van der Waals surface area contributed by atoms with Crippen LogP contribution in [0.15, 0.2) is 176 Å². The highest BCUT2D eigenvalue weighted by atomic mass is 15.3. The van der Waals surface area contributed by atoms with Crippen molar-refractivity contribution in [3.05, 3.63) is 187 Å². The van der Waals surface area contributed by atoms with Gasteiger partial charge >= 0.3 is 6.85 Å². The van der Waals surface area contributed by atoms with E-state index < -0.39 is 0 Å². The Balaban J connectivity index is 1.27. The summed E-state index contributed by atoms with van der Waals surface area (Å²) >= 11 is 0. The molecule has 0 saturated carbocycles. The molecule has 0 atom stereocenters. The second kappa shape index (κ2) is 12.7. The van der Waals surface area contributed by atoms with Gasteiger partial charge < -0.3 is 9.05 Å². The summed E-state index contributed by atoms with van der Waals surface area (Å²) in [5.74, 6) is 1.19. The van der Waals surface area contributed by atoms with Gasteiger partial charge in [0.25, 0.3) is 0 Å². The summed E-state index contributed by atoms with van der Waals surface area (Å²) in [5.41, 5.74) is 18.8. The van der Waals surface area contributed by atoms with Crippen LogP contribution in [0, 0.1) is 0 Å². The van der Waals surface area contributed by atoms with E-state index in [1.54, 1.807) is 0 Å². The molecule has 5 heteroatoms. The Morgan fingerprint density at radius 2 is 0.952 bits per heavy atom. The Morgan fingerprint density at radius 1 is 0.397 bits per heavy atom. The van der Waals surface area contributed by atoms with Gasteiger partial charge in [0.2, 0.25) is 0 Å². The third-order valence-corrected chi connectivity index (χ3v) is 14.1. The summed E-state index contributed by atoms with van der Waals surface area (Å²) in [6, 6.07) is 66.2. The first kappa shape index (κ1) is 36.4. The van der Waals surface area contributed by atoms with Gasteiger partial charge in [-0.05, 0) is 105 Å². The predicted molar refractivity (Wildman–Crippen MR) is 269 cm³/mol. The van der Waals surface area contributed by atoms with E-state index >= 15 is 0 Å². The maximum atomic E-state index is 2.73. The summed E-state index contributed by atoms with van der Waals surface area (Å²) in [6.45, 7) is 13.9. The fraction of sp³-hybridized carbons (Fsp3) is 0.138. The number of nitrogens with zero attached hydrogens (tertiary/aromatic N) is 4. The van der Waals surface area contributed by atoms with Crippen LogP contribution in [0.5, 0.6) is 0 Å². The van der Waals surface area contributed by atoms with E-state index in [2.05, 4.69) is 236 Å². The summed E-state index contributed by atoms with van der Waals surface area (Å²) in [4.78, 5) is 2.60. The molecule has 0 bridgehead atoms. The van der Waals surface area contributed by atoms with Crippen LogP contribution in [0.1, 0.15) is 52.7 Å². The molecule has 2 aliphatic rings. The van der Waals surface area contributed by atoms with E-state index in [4.69, 9.17) is 0 Å². The molecule has 0 saturated heterocycles. The molecule has 3 aromatic heterocycles. The Morgan fingerprint density at radius 3 is 1.60 bits per heavy atom. The second-order valence-electron chi connectivity index (χ2n) is 19.8. The lowest BCUT2D eigenvalue weighted by Crippen LogP contribution is -2.56. The first-order chi connectivity index (χ1) is 30.6. The highest BCUT2D eigenvalue weighted by Crippen LogP contribution is 2.51. The van der Waals surface area contributed by atoms with Crippen LogP contribution in [0.2, 0.25) is 0 Å². The van der Waals surface area contributed by atoms with E-state index in [-0.39, 0.29) is 17.7 Å². The second-order valence-corrected chi connectivity index (χ2v) is 19.8. The minimum Gasteiger partial charge on any atom is -0.375 e. The normalized spacial score (nSPS) is 13.5. The number of benzene rings is 8. The lowest BCUT2D eigenvalue weighted by atomic mass is 9.45. The van der Waals surface area contributed by atoms with Crippen molar-refractivity contribution in [3.63, 3.8) is 0 Å². The molecule has 0 radical (unpaired) electrons. The summed E-state index contributed by atoms with van der Waals surface area (Å²) in [6.07, 6.45) is 0. The van der Waals surface area contributed by atoms with Gasteiger partial charge in [0.1, 0.15) is 5.82 Å². The summed E-state index contributed by atoms with van der Waals surface area (Å²) in [5, 5.41) is 6.39. The van der Waals surface area contributed by atoms with Gasteiger partial charge in [0.15, 0.2) is 0 Å². The number of hydrogen-bond donors (Lipinski definition) is 0. The molecular formula is C58H47BN4. The van der Waals surface area contributed by atoms with Crippen molar-refractivity contribution in [2.24, 2.45) is 0 Å². The van der Waals surface area contributed by atoms with Crippen molar-refractivity contribution < 1.29 is 0 Å². The van der Waals surface area contributed by atoms with Crippen LogP contribution in [-0.4, -0.2) is 20.5 Å². The third kappa shape index (κ3) is 4.94. The lowest BCUT2D eigenvalue weighted by Gasteiger charge is -2.41. The van der Waals surface area contributed by atoms with E-state index in [0.717, 1.165) is 11.4 Å². The zero-order valence-electron chi connectivity index (χ0n) is 36.6. The standard InChI is InChI=1S/C58H47BN4/c1-57(2,3)36-29-31-40(32-30-36)62-50-34-37(58(4,5)6)33-44-46-35-45-41-23-13-16-26-47(41)60(38-19-9-7-10-20-38)54(45)51-42-24-14-18-28-49(42)63(55(46)51)59(52(44)50)53-43-25-15-17-27-48(43)61(56(53)62)39-21-11-8-12-22-39/h7-35H,1-6H3. The Bertz CT molecular complexity index is 3690. The quantitative estimate of drug-likeness (QED) is 0.163. The van der Waals surface area contributed by atoms with Crippen LogP contribution in [0.25, 0.3) is 77.0 Å². The number of aromatic nitrogens is 3. The minimum atomic E-state index is -0.119. The van der Waals surface area contributed by atoms with Gasteiger partial charge in [-0.25, -0.2) is 0 Å². The van der Waals surface area contributed by atoms with Gasteiger partial charge in [0, 0.05) is 66.4 Å². The average molecular weight is 811 g/mol. The highest BCUT2D eigenvalue weighted by molar-refractivity contribution is 6.91. The van der Waals surface area contributed by atoms with Crippen molar-refractivity contribution in [1.29, 1.82) is 0 Å². The number of hydrogen-bond acceptors (Lipinski definition) is 1. The van der Waals surface area contributed by atoms with E-state index in [9.17, 15) is 0 Å². The number of para-hydroxylation sites is 5. The molecule has 0 amide bonds. The molecule has 0 spiro atoms. The zero-order chi connectivity index (χ0) is 42.5. The van der Waals surface area contributed by atoms with Crippen molar-refractivity contribution in [1.82, 2.24) is 13.6 Å². The molecule has 0 fully saturated rings. The monoisotopic (exact) mass is 810 g/mol. The van der Waals surface area contributed by atoms with E-state index in [1.807, 2.05) is 0 Å². The largest absolute Gasteiger partial charge is 0.375 e. The fourth-order valence-electron chi connectivity index (χ4n) is 11.2. The highest BCUT2D eigenvalue weighted by Gasteiger charge is 2.47. The zero-order valence-corrected chi connectivity index (χ0v) is 36.6. The number of anilines is 3. The molecule has 0 aliphatic carbocycles. The van der Waals surface area contributed by atoms with Crippen molar-refractivity contribution in [2.75, 3.05) is 4.90 Å². The van der Waals surface area contributed by atoms with Gasteiger partial charge in [-0.3, -0.25) is 9.47 Å². The van der Waals surface area contributed by atoms with Crippen LogP contribution in [0.4, 0.5) is 17.2 Å². The van der Waals surface area contributed by atoms with Crippen molar-refractivity contribution in [2.45, 2.75) is 52.4 Å². The molecule has 11 aromatic rings. The molecule has 0 unspecified atom stereocenters. The van der Waals surface area contributed by atoms with Crippen LogP contribution >= 0.6 is 0 Å². The molecule has 13 rings (SSSR count). The van der Waals surface area contributed by atoms with Gasteiger partial charge in [-0.2, -0.15) is 0 Å². The molecular weight excluding hydrogens is 763 g/mol. The van der Waals surface area contributed by atoms with Crippen LogP contribution in [0.3, 0.4) is 0 Å². The molecule has 63 heavy (non-hydrogen) atoms. The smallest absolute Gasteiger partial charge is 0.335 e. The van der Waals surface area contributed by atoms with Gasteiger partial charge in [0.05, 0.1) is 16.6 Å². The first-order valence-corrected chi connectivity index (χ1v) is 22.4. The Kier molecular flexibility index (Phi) is 7.33. The molecule has 4 nitrogen and oxygen atoms in total. The molecule has 8 aromatic carbocycles. The number of fused-ring (bicyclic) bond motifs is 13. The van der Waals surface area contributed by atoms with E-state index in [0.29, 0.717) is 0 Å². The Labute approximate surface area is 368 Å². The lowest BCUT2D eigenvalue weighted by molar-refractivity contribution is 0.590. The van der Waals surface area contributed by atoms with Crippen LogP contribution < -0.4 is 15.8 Å². The van der Waals surface area contributed by atoms with Gasteiger partial charge in [-0.15, -0.1) is 0 Å². The van der Waals surface area contributed by atoms with Crippen molar-refractivity contribution in [3.8, 4) is 22.5 Å². The summed E-state index contributed by atoms with van der Waals surface area (Å²) < 4.78 is 7.78. The molecule has 5 heterocycles. The molecule has 2 aliphatic heterocycles. The maximum absolute atomic E-state index is 2.73. The molecule has 0 N–H and O–H groups in total. The molecule has 302 valence electrons. The fourth-order valence-corrected chi connectivity index (χ4v) is 11.2. The maximum Gasteiger partial charge on any atom is 0.335 e. The van der Waals surface area contributed by atoms with Crippen molar-refractivity contribution >= 4 is 89.5 Å². The SMILES string of the molecule is CC(C)(C)c1ccc(N2c3cc(C(C)(C)C)cc4c3B(c3c2n(-c2ccccc2)c2ccccc32)n2c3ccccc3c3c2c-4cc2c4ccccc4n(-c4ccccc4)c23)cc1. The average Bonchev–Trinajstić information content (AvgIpc) is 3.94. The number of rotatable bonds is 3. The van der Waals surface area contributed by atoms with Gasteiger partial charge in [-0.1, -0.05) is 151 Å². The first-order valence-electron chi connectivity index (χ1n) is 22.4. The third-order valence-electron chi connectivity index (χ3n) is 14.1. The van der Waals surface area contributed by atoms with E-state index in [1.165, 1.54) is 105 Å². The summed E-state index contributed by atoms with van der Waals surface area (Å²) in [7, 11) is 0. The minimum absolute atomic E-state index is 0.0282. The predicted octanol–water partition coefficient (Wildman–Crippen LogP) is 13.8. The Hall–Kier alpha value is -7.24. The van der Waals surface area contributed by atoms with Crippen LogP contribution in [-0.2, 0) is 10.8 Å².